The summed E-state index contributed by atoms with van der Waals surface area (Å²) in [6, 6.07) is 3.10. The summed E-state index contributed by atoms with van der Waals surface area (Å²) in [5.74, 6) is -0.171. The van der Waals surface area contributed by atoms with Crippen LogP contribution in [0.1, 0.15) is 30.3 Å². The highest BCUT2D eigenvalue weighted by Gasteiger charge is 2.22. The number of furan rings is 1. The fraction of sp³-hybridized carbons (Fsp3) is 0.538. The molecule has 2 heterocycles. The van der Waals surface area contributed by atoms with Crippen LogP contribution in [-0.4, -0.2) is 36.5 Å². The van der Waals surface area contributed by atoms with Gasteiger partial charge >= 0.3 is 5.97 Å². The van der Waals surface area contributed by atoms with Crippen LogP contribution in [0, 0.1) is 5.92 Å². The summed E-state index contributed by atoms with van der Waals surface area (Å²) in [7, 11) is 0. The van der Waals surface area contributed by atoms with E-state index in [1.54, 1.807) is 11.0 Å². The third kappa shape index (κ3) is 3.83. The van der Waals surface area contributed by atoms with Crippen molar-refractivity contribution < 1.29 is 18.7 Å². The molecular formula is C13H16BrNO4. The lowest BCUT2D eigenvalue weighted by molar-refractivity contribution is -0.136. The zero-order chi connectivity index (χ0) is 13.8. The van der Waals surface area contributed by atoms with Crippen molar-refractivity contribution in [2.24, 2.45) is 5.92 Å². The van der Waals surface area contributed by atoms with E-state index in [9.17, 15) is 9.59 Å². The number of amides is 1. The van der Waals surface area contributed by atoms with Crippen LogP contribution in [0.15, 0.2) is 21.2 Å². The van der Waals surface area contributed by atoms with Crippen molar-refractivity contribution in [3.05, 3.63) is 22.6 Å². The first-order chi connectivity index (χ1) is 9.06. The summed E-state index contributed by atoms with van der Waals surface area (Å²) >= 11 is 3.10. The summed E-state index contributed by atoms with van der Waals surface area (Å²) in [5, 5.41) is 0. The number of hydrogen-bond acceptors (Lipinski definition) is 4. The number of likely N-dealkylation sites (tertiary alicyclic amines) is 1. The van der Waals surface area contributed by atoms with Crippen LogP contribution in [0.5, 0.6) is 0 Å². The van der Waals surface area contributed by atoms with Crippen LogP contribution in [-0.2, 0) is 9.53 Å². The highest BCUT2D eigenvalue weighted by molar-refractivity contribution is 9.10. The molecule has 1 aromatic rings. The lowest BCUT2D eigenvalue weighted by atomic mass is 10.0. The summed E-state index contributed by atoms with van der Waals surface area (Å²) in [6.45, 7) is 3.37. The number of carbonyl (C=O) groups excluding carboxylic acids is 2. The summed E-state index contributed by atoms with van der Waals surface area (Å²) < 4.78 is 10.5. The zero-order valence-electron chi connectivity index (χ0n) is 10.7. The monoisotopic (exact) mass is 329 g/mol. The lowest BCUT2D eigenvalue weighted by Gasteiger charge is -2.30. The van der Waals surface area contributed by atoms with Crippen molar-refractivity contribution in [1.29, 1.82) is 0 Å². The van der Waals surface area contributed by atoms with Crippen LogP contribution in [0.2, 0.25) is 0 Å². The Morgan fingerprint density at radius 1 is 1.53 bits per heavy atom. The normalized spacial score (nSPS) is 19.3. The van der Waals surface area contributed by atoms with E-state index >= 15 is 0 Å². The number of piperidine rings is 1. The van der Waals surface area contributed by atoms with Gasteiger partial charge in [0.1, 0.15) is 0 Å². The molecule has 1 unspecified atom stereocenters. The number of carbonyl (C=O) groups is 2. The third-order valence-electron chi connectivity index (χ3n) is 3.11. The van der Waals surface area contributed by atoms with Crippen molar-refractivity contribution in [2.75, 3.05) is 19.7 Å². The fourth-order valence-corrected chi connectivity index (χ4v) is 2.44. The molecule has 0 radical (unpaired) electrons. The van der Waals surface area contributed by atoms with Crippen LogP contribution >= 0.6 is 15.9 Å². The molecule has 1 aromatic heterocycles. The molecular weight excluding hydrogens is 314 g/mol. The second kappa shape index (κ2) is 6.23. The molecule has 1 amide bonds. The van der Waals surface area contributed by atoms with E-state index in [1.165, 1.54) is 6.07 Å². The minimum atomic E-state index is -0.621. The maximum Gasteiger partial charge on any atom is 0.374 e. The van der Waals surface area contributed by atoms with E-state index in [-0.39, 0.29) is 18.3 Å². The highest BCUT2D eigenvalue weighted by atomic mass is 79.9. The molecule has 104 valence electrons. The Morgan fingerprint density at radius 2 is 2.32 bits per heavy atom. The van der Waals surface area contributed by atoms with Gasteiger partial charge in [-0.3, -0.25) is 4.79 Å². The Balaban J connectivity index is 1.81. The lowest BCUT2D eigenvalue weighted by Crippen LogP contribution is -2.41. The van der Waals surface area contributed by atoms with Crippen LogP contribution < -0.4 is 0 Å². The van der Waals surface area contributed by atoms with Gasteiger partial charge in [-0.1, -0.05) is 6.92 Å². The Morgan fingerprint density at radius 3 is 2.95 bits per heavy atom. The molecule has 0 spiro atoms. The molecule has 1 saturated heterocycles. The molecule has 0 aliphatic carbocycles. The average molecular weight is 330 g/mol. The highest BCUT2D eigenvalue weighted by Crippen LogP contribution is 2.16. The van der Waals surface area contributed by atoms with E-state index in [1.807, 2.05) is 0 Å². The van der Waals surface area contributed by atoms with Crippen LogP contribution in [0.3, 0.4) is 0 Å². The Kier molecular flexibility index (Phi) is 4.63. The molecule has 1 aliphatic rings. The quantitative estimate of drug-likeness (QED) is 0.799. The minimum Gasteiger partial charge on any atom is -0.450 e. The molecule has 1 atom stereocenters. The standard InChI is InChI=1S/C13H16BrNO4/c1-9-3-2-6-15(7-9)12(16)8-18-13(17)10-4-5-11(14)19-10/h4-5,9H,2-3,6-8H2,1H3. The first-order valence-electron chi connectivity index (χ1n) is 6.26. The number of halogens is 1. The van der Waals surface area contributed by atoms with Gasteiger partial charge in [0.15, 0.2) is 11.3 Å². The van der Waals surface area contributed by atoms with Gasteiger partial charge in [0.05, 0.1) is 0 Å². The molecule has 0 saturated carbocycles. The summed E-state index contributed by atoms with van der Waals surface area (Å²) in [4.78, 5) is 25.2. The SMILES string of the molecule is CC1CCCN(C(=O)COC(=O)c2ccc(Br)o2)C1. The van der Waals surface area contributed by atoms with Gasteiger partial charge in [0.2, 0.25) is 5.76 Å². The third-order valence-corrected chi connectivity index (χ3v) is 3.54. The second-order valence-electron chi connectivity index (χ2n) is 4.77. The van der Waals surface area contributed by atoms with Gasteiger partial charge in [0, 0.05) is 13.1 Å². The minimum absolute atomic E-state index is 0.0895. The van der Waals surface area contributed by atoms with E-state index < -0.39 is 5.97 Å². The molecule has 5 nitrogen and oxygen atoms in total. The van der Waals surface area contributed by atoms with Crippen molar-refractivity contribution >= 4 is 27.8 Å². The van der Waals surface area contributed by atoms with E-state index in [2.05, 4.69) is 22.9 Å². The maximum atomic E-state index is 11.9. The predicted octanol–water partition coefficient (Wildman–Crippen LogP) is 2.46. The summed E-state index contributed by atoms with van der Waals surface area (Å²) in [5.41, 5.74) is 0. The molecule has 2 rings (SSSR count). The topological polar surface area (TPSA) is 59.8 Å². The predicted molar refractivity (Wildman–Crippen MR) is 71.7 cm³/mol. The van der Waals surface area contributed by atoms with Gasteiger partial charge in [-0.15, -0.1) is 0 Å². The van der Waals surface area contributed by atoms with Gasteiger partial charge in [0.25, 0.3) is 5.91 Å². The molecule has 0 aromatic carbocycles. The van der Waals surface area contributed by atoms with Crippen molar-refractivity contribution in [2.45, 2.75) is 19.8 Å². The molecule has 1 aliphatic heterocycles. The second-order valence-corrected chi connectivity index (χ2v) is 5.55. The molecule has 19 heavy (non-hydrogen) atoms. The van der Waals surface area contributed by atoms with E-state index in [0.717, 1.165) is 25.9 Å². The number of ether oxygens (including phenoxy) is 1. The van der Waals surface area contributed by atoms with E-state index in [0.29, 0.717) is 10.6 Å². The van der Waals surface area contributed by atoms with Crippen molar-refractivity contribution in [3.63, 3.8) is 0 Å². The van der Waals surface area contributed by atoms with Gasteiger partial charge < -0.3 is 14.1 Å². The molecule has 0 N–H and O–H groups in total. The number of nitrogens with zero attached hydrogens (tertiary/aromatic N) is 1. The maximum absolute atomic E-state index is 11.9. The zero-order valence-corrected chi connectivity index (χ0v) is 12.3. The number of esters is 1. The number of hydrogen-bond donors (Lipinski definition) is 0. The first kappa shape index (κ1) is 14.1. The Bertz CT molecular complexity index is 471. The fourth-order valence-electron chi connectivity index (χ4n) is 2.13. The smallest absolute Gasteiger partial charge is 0.374 e. The molecule has 1 fully saturated rings. The van der Waals surface area contributed by atoms with Crippen LogP contribution in [0.4, 0.5) is 0 Å². The Hall–Kier alpha value is -1.30. The van der Waals surface area contributed by atoms with Gasteiger partial charge in [-0.25, -0.2) is 4.79 Å². The molecule has 0 bridgehead atoms. The van der Waals surface area contributed by atoms with E-state index in [4.69, 9.17) is 9.15 Å². The molecule has 6 heteroatoms. The van der Waals surface area contributed by atoms with Gasteiger partial charge in [-0.05, 0) is 46.8 Å². The van der Waals surface area contributed by atoms with Gasteiger partial charge in [-0.2, -0.15) is 0 Å². The summed E-state index contributed by atoms with van der Waals surface area (Å²) in [6.07, 6.45) is 2.15. The van der Waals surface area contributed by atoms with Crippen LogP contribution in [0.25, 0.3) is 0 Å². The average Bonchev–Trinajstić information content (AvgIpc) is 2.82. The largest absolute Gasteiger partial charge is 0.450 e. The van der Waals surface area contributed by atoms with Crippen molar-refractivity contribution in [1.82, 2.24) is 4.90 Å². The first-order valence-corrected chi connectivity index (χ1v) is 7.06. The van der Waals surface area contributed by atoms with Crippen molar-refractivity contribution in [3.8, 4) is 0 Å². The Labute approximate surface area is 120 Å². The number of rotatable bonds is 3.